The molecule has 1 saturated heterocycles. The molecule has 1 heterocycles. The minimum absolute atomic E-state index is 0.141. The van der Waals surface area contributed by atoms with Crippen molar-refractivity contribution in [3.05, 3.63) is 95.6 Å². The number of amides is 2. The zero-order valence-electron chi connectivity index (χ0n) is 19.8. The molecule has 0 aliphatic carbocycles. The smallest absolute Gasteiger partial charge is 0.251 e. The maximum Gasteiger partial charge on any atom is 0.251 e. The molecule has 0 saturated carbocycles. The molecule has 6 heteroatoms. The fraction of sp³-hybridized carbons (Fsp3) is 0.286. The second-order valence-corrected chi connectivity index (χ2v) is 8.84. The second-order valence-electron chi connectivity index (χ2n) is 8.84. The summed E-state index contributed by atoms with van der Waals surface area (Å²) in [6, 6.07) is 24.4. The number of hydrogen-bond donors (Lipinski definition) is 2. The summed E-state index contributed by atoms with van der Waals surface area (Å²) in [5.41, 5.74) is 4.46. The average Bonchev–Trinajstić information content (AvgIpc) is 2.86. The summed E-state index contributed by atoms with van der Waals surface area (Å²) in [7, 11) is 2.15. The Balaban J connectivity index is 1.44. The fourth-order valence-corrected chi connectivity index (χ4v) is 4.20. The lowest BCUT2D eigenvalue weighted by Crippen LogP contribution is -2.44. The summed E-state index contributed by atoms with van der Waals surface area (Å²) in [5, 5.41) is 6.07. The number of nitrogens with zero attached hydrogens (tertiary/aromatic N) is 2. The van der Waals surface area contributed by atoms with Crippen LogP contribution < -0.4 is 15.5 Å². The highest BCUT2D eigenvalue weighted by Crippen LogP contribution is 2.25. The van der Waals surface area contributed by atoms with Crippen molar-refractivity contribution in [1.82, 2.24) is 10.2 Å². The van der Waals surface area contributed by atoms with Gasteiger partial charge in [0.1, 0.15) is 0 Å². The molecule has 0 unspecified atom stereocenters. The lowest BCUT2D eigenvalue weighted by Gasteiger charge is -2.34. The van der Waals surface area contributed by atoms with Gasteiger partial charge >= 0.3 is 0 Å². The molecule has 1 aliphatic heterocycles. The molecule has 3 aromatic rings. The van der Waals surface area contributed by atoms with Gasteiger partial charge < -0.3 is 20.4 Å². The van der Waals surface area contributed by atoms with Gasteiger partial charge in [-0.1, -0.05) is 48.5 Å². The molecule has 1 atom stereocenters. The Morgan fingerprint density at radius 3 is 2.18 bits per heavy atom. The van der Waals surface area contributed by atoms with Crippen molar-refractivity contribution in [3.8, 4) is 0 Å². The number of carbonyl (C=O) groups is 2. The molecule has 1 fully saturated rings. The Morgan fingerprint density at radius 2 is 1.53 bits per heavy atom. The van der Waals surface area contributed by atoms with E-state index in [2.05, 4.69) is 39.6 Å². The Kier molecular flexibility index (Phi) is 7.60. The number of likely N-dealkylation sites (N-methyl/N-ethyl adjacent to an activating group) is 1. The Bertz CT molecular complexity index is 1110. The third kappa shape index (κ3) is 6.02. The SMILES string of the molecule is Cc1cc(N2CCN(C)CC2)ccc1NC(=O)C[C@H](NC(=O)c1ccccc1)c1ccccc1. The average molecular weight is 457 g/mol. The molecule has 3 aromatic carbocycles. The van der Waals surface area contributed by atoms with Gasteiger partial charge in [-0.2, -0.15) is 0 Å². The van der Waals surface area contributed by atoms with Crippen molar-refractivity contribution in [2.45, 2.75) is 19.4 Å². The molecule has 2 amide bonds. The molecule has 34 heavy (non-hydrogen) atoms. The summed E-state index contributed by atoms with van der Waals surface area (Å²) in [6.45, 7) is 6.12. The minimum Gasteiger partial charge on any atom is -0.369 e. The van der Waals surface area contributed by atoms with Gasteiger partial charge in [-0.3, -0.25) is 9.59 Å². The van der Waals surface area contributed by atoms with Crippen LogP contribution in [0.15, 0.2) is 78.9 Å². The van der Waals surface area contributed by atoms with Crippen LogP contribution in [0.25, 0.3) is 0 Å². The molecule has 2 N–H and O–H groups in total. The lowest BCUT2D eigenvalue weighted by atomic mass is 10.0. The molecular weight excluding hydrogens is 424 g/mol. The number of hydrogen-bond acceptors (Lipinski definition) is 4. The monoisotopic (exact) mass is 456 g/mol. The predicted molar refractivity (Wildman–Crippen MR) is 137 cm³/mol. The first-order valence-corrected chi connectivity index (χ1v) is 11.7. The fourth-order valence-electron chi connectivity index (χ4n) is 4.20. The van der Waals surface area contributed by atoms with Crippen molar-refractivity contribution in [1.29, 1.82) is 0 Å². The van der Waals surface area contributed by atoms with Crippen molar-refractivity contribution >= 4 is 23.2 Å². The van der Waals surface area contributed by atoms with Crippen molar-refractivity contribution in [2.75, 3.05) is 43.4 Å². The Labute approximate surface area is 201 Å². The first-order valence-electron chi connectivity index (χ1n) is 11.7. The number of carbonyl (C=O) groups excluding carboxylic acids is 2. The summed E-state index contributed by atoms with van der Waals surface area (Å²) in [4.78, 5) is 30.5. The van der Waals surface area contributed by atoms with Crippen molar-refractivity contribution in [2.24, 2.45) is 0 Å². The number of rotatable bonds is 7. The summed E-state index contributed by atoms with van der Waals surface area (Å²) in [6.07, 6.45) is 0.141. The standard InChI is InChI=1S/C28H32N4O2/c1-21-19-24(32-17-15-31(2)16-18-32)13-14-25(21)29-27(33)20-26(22-9-5-3-6-10-22)30-28(34)23-11-7-4-8-12-23/h3-14,19,26H,15-18,20H2,1-2H3,(H,29,33)(H,30,34)/t26-/m0/s1. The first-order chi connectivity index (χ1) is 16.5. The first kappa shape index (κ1) is 23.5. The van der Waals surface area contributed by atoms with E-state index < -0.39 is 6.04 Å². The van der Waals surface area contributed by atoms with Crippen LogP contribution in [0.2, 0.25) is 0 Å². The van der Waals surface area contributed by atoms with E-state index in [0.717, 1.165) is 43.0 Å². The van der Waals surface area contributed by atoms with Crippen LogP contribution in [0.1, 0.15) is 33.9 Å². The van der Waals surface area contributed by atoms with Gasteiger partial charge in [0.2, 0.25) is 5.91 Å². The normalized spacial score (nSPS) is 14.9. The highest BCUT2D eigenvalue weighted by atomic mass is 16.2. The van der Waals surface area contributed by atoms with Crippen LogP contribution in [0.5, 0.6) is 0 Å². The molecule has 0 spiro atoms. The molecule has 0 bridgehead atoms. The van der Waals surface area contributed by atoms with Crippen LogP contribution >= 0.6 is 0 Å². The largest absolute Gasteiger partial charge is 0.369 e. The number of nitrogens with one attached hydrogen (secondary N) is 2. The van der Waals surface area contributed by atoms with Gasteiger partial charge in [-0.25, -0.2) is 0 Å². The zero-order valence-corrected chi connectivity index (χ0v) is 19.8. The summed E-state index contributed by atoms with van der Waals surface area (Å²) < 4.78 is 0. The Morgan fingerprint density at radius 1 is 0.882 bits per heavy atom. The molecule has 4 rings (SSSR count). The third-order valence-electron chi connectivity index (χ3n) is 6.29. The van der Waals surface area contributed by atoms with Crippen LogP contribution in [0, 0.1) is 6.92 Å². The van der Waals surface area contributed by atoms with Gasteiger partial charge in [-0.05, 0) is 55.4 Å². The highest BCUT2D eigenvalue weighted by Gasteiger charge is 2.20. The molecule has 6 nitrogen and oxygen atoms in total. The van der Waals surface area contributed by atoms with Crippen molar-refractivity contribution in [3.63, 3.8) is 0 Å². The molecular formula is C28H32N4O2. The minimum atomic E-state index is -0.432. The number of aryl methyl sites for hydroxylation is 1. The molecule has 176 valence electrons. The van der Waals surface area contributed by atoms with Crippen LogP contribution in [-0.2, 0) is 4.79 Å². The lowest BCUT2D eigenvalue weighted by molar-refractivity contribution is -0.116. The maximum atomic E-state index is 13.0. The zero-order chi connectivity index (χ0) is 23.9. The van der Waals surface area contributed by atoms with Crippen molar-refractivity contribution < 1.29 is 9.59 Å². The summed E-state index contributed by atoms with van der Waals surface area (Å²) in [5.74, 6) is -0.340. The topological polar surface area (TPSA) is 64.7 Å². The van der Waals surface area contributed by atoms with Gasteiger partial charge in [0.15, 0.2) is 0 Å². The van der Waals surface area contributed by atoms with E-state index in [1.165, 1.54) is 5.69 Å². The van der Waals surface area contributed by atoms with Crippen LogP contribution in [0.4, 0.5) is 11.4 Å². The van der Waals surface area contributed by atoms with E-state index in [1.807, 2.05) is 61.5 Å². The third-order valence-corrected chi connectivity index (χ3v) is 6.29. The van der Waals surface area contributed by atoms with Gasteiger partial charge in [-0.15, -0.1) is 0 Å². The predicted octanol–water partition coefficient (Wildman–Crippen LogP) is 4.25. The van der Waals surface area contributed by atoms with Gasteiger partial charge in [0, 0.05) is 43.1 Å². The number of anilines is 2. The number of piperazine rings is 1. The molecule has 0 radical (unpaired) electrons. The van der Waals surface area contributed by atoms with Gasteiger partial charge in [0.25, 0.3) is 5.91 Å². The molecule has 1 aliphatic rings. The molecule has 0 aromatic heterocycles. The van der Waals surface area contributed by atoms with E-state index in [-0.39, 0.29) is 18.2 Å². The van der Waals surface area contributed by atoms with Crippen LogP contribution in [-0.4, -0.2) is 49.9 Å². The van der Waals surface area contributed by atoms with E-state index >= 15 is 0 Å². The number of benzene rings is 3. The Hall–Kier alpha value is -3.64. The quantitative estimate of drug-likeness (QED) is 0.558. The highest BCUT2D eigenvalue weighted by molar-refractivity contribution is 5.96. The van der Waals surface area contributed by atoms with E-state index in [0.29, 0.717) is 5.56 Å². The van der Waals surface area contributed by atoms with Crippen LogP contribution in [0.3, 0.4) is 0 Å². The van der Waals surface area contributed by atoms with Gasteiger partial charge in [0.05, 0.1) is 12.5 Å². The second kappa shape index (κ2) is 11.0. The maximum absolute atomic E-state index is 13.0. The van der Waals surface area contributed by atoms with E-state index in [9.17, 15) is 9.59 Å². The van der Waals surface area contributed by atoms with E-state index in [1.54, 1.807) is 12.1 Å². The summed E-state index contributed by atoms with van der Waals surface area (Å²) >= 11 is 0. The van der Waals surface area contributed by atoms with E-state index in [4.69, 9.17) is 0 Å².